The van der Waals surface area contributed by atoms with Crippen LogP contribution in [-0.4, -0.2) is 65.5 Å². The molecule has 3 rings (SSSR count). The molecule has 0 heterocycles. The molecule has 3 amide bonds. The first-order valence-electron chi connectivity index (χ1n) is 16.4. The monoisotopic (exact) mass is 786 g/mol. The maximum Gasteiger partial charge on any atom is 0.320 e. The van der Waals surface area contributed by atoms with Crippen LogP contribution in [0.1, 0.15) is 70.6 Å². The molecule has 2 atom stereocenters. The number of halogens is 8. The molecule has 2 aromatic carbocycles. The molecule has 0 saturated heterocycles. The van der Waals surface area contributed by atoms with Gasteiger partial charge in [0.25, 0.3) is 0 Å². The third-order valence-electron chi connectivity index (χ3n) is 8.28. The molecule has 288 valence electrons. The Kier molecular flexibility index (Phi) is 16.5. The molecule has 0 bridgehead atoms. The fourth-order valence-electron chi connectivity index (χ4n) is 5.35. The van der Waals surface area contributed by atoms with Crippen LogP contribution in [0.25, 0.3) is 11.1 Å². The average Bonchev–Trinajstić information content (AvgIpc) is 3.12. The number of thioether (sulfide) groups is 2. The van der Waals surface area contributed by atoms with E-state index in [1.807, 2.05) is 0 Å². The second-order valence-corrected chi connectivity index (χ2v) is 14.4. The summed E-state index contributed by atoms with van der Waals surface area (Å²) in [5.41, 5.74) is 1.29. The minimum absolute atomic E-state index is 0.0678. The van der Waals surface area contributed by atoms with Crippen LogP contribution >= 0.6 is 23.5 Å². The highest BCUT2D eigenvalue weighted by Gasteiger charge is 2.35. The molecular formula is C33H38F8N4O5S2. The van der Waals surface area contributed by atoms with Gasteiger partial charge < -0.3 is 26.8 Å². The van der Waals surface area contributed by atoms with Crippen molar-refractivity contribution in [1.82, 2.24) is 16.0 Å². The number of carbonyl (C=O) groups excluding carboxylic acids is 3. The van der Waals surface area contributed by atoms with Crippen LogP contribution in [-0.2, 0) is 19.2 Å². The van der Waals surface area contributed by atoms with Crippen molar-refractivity contribution in [3.05, 3.63) is 46.5 Å². The van der Waals surface area contributed by atoms with E-state index in [9.17, 15) is 19.2 Å². The lowest BCUT2D eigenvalue weighted by atomic mass is 10.0. The molecule has 2 aromatic rings. The Morgan fingerprint density at radius 2 is 1.19 bits per heavy atom. The first-order chi connectivity index (χ1) is 24.6. The van der Waals surface area contributed by atoms with Gasteiger partial charge in [0.1, 0.15) is 12.1 Å². The summed E-state index contributed by atoms with van der Waals surface area (Å²) in [7, 11) is 1.24. The highest BCUT2D eigenvalue weighted by Crippen LogP contribution is 2.43. The third-order valence-corrected chi connectivity index (χ3v) is 10.8. The molecule has 1 saturated carbocycles. The topological polar surface area (TPSA) is 151 Å². The van der Waals surface area contributed by atoms with E-state index in [1.165, 1.54) is 7.05 Å². The van der Waals surface area contributed by atoms with E-state index in [1.54, 1.807) is 0 Å². The fraction of sp³-hybridized carbons (Fsp3) is 0.515. The molecule has 2 unspecified atom stereocenters. The van der Waals surface area contributed by atoms with E-state index in [0.29, 0.717) is 37.4 Å². The summed E-state index contributed by atoms with van der Waals surface area (Å²) >= 11 is 0.479. The van der Waals surface area contributed by atoms with E-state index < -0.39 is 134 Å². The summed E-state index contributed by atoms with van der Waals surface area (Å²) in [5.74, 6) is -22.8. The van der Waals surface area contributed by atoms with E-state index >= 15 is 35.1 Å². The zero-order chi connectivity index (χ0) is 38.7. The third kappa shape index (κ3) is 11.0. The minimum Gasteiger partial charge on any atom is -0.480 e. The highest BCUT2D eigenvalue weighted by atomic mass is 32.2. The van der Waals surface area contributed by atoms with Crippen molar-refractivity contribution in [3.8, 4) is 11.1 Å². The SMILES string of the molecule is CNC(=O)CNC(=O)C(CSc1c(F)c(F)c(-c2c(F)c(F)c(SC3CCCCCCCCC3)c(F)c2F)c(F)c1F)NC(=O)CCC(N)C(=O)O. The average molecular weight is 787 g/mol. The molecule has 0 spiro atoms. The van der Waals surface area contributed by atoms with Crippen LogP contribution in [0, 0.1) is 46.5 Å². The highest BCUT2D eigenvalue weighted by molar-refractivity contribution is 8.00. The van der Waals surface area contributed by atoms with Gasteiger partial charge in [0.2, 0.25) is 17.7 Å². The van der Waals surface area contributed by atoms with E-state index in [0.717, 1.165) is 32.1 Å². The number of hydrogen-bond acceptors (Lipinski definition) is 7. The number of nitrogens with two attached hydrogens (primary N) is 1. The Labute approximate surface area is 302 Å². The van der Waals surface area contributed by atoms with Gasteiger partial charge in [-0.15, -0.1) is 23.5 Å². The zero-order valence-electron chi connectivity index (χ0n) is 27.9. The van der Waals surface area contributed by atoms with E-state index in [-0.39, 0.29) is 11.8 Å². The largest absolute Gasteiger partial charge is 0.480 e. The zero-order valence-corrected chi connectivity index (χ0v) is 29.6. The number of carboxylic acid groups (broad SMARTS) is 1. The predicted molar refractivity (Wildman–Crippen MR) is 177 cm³/mol. The van der Waals surface area contributed by atoms with Gasteiger partial charge in [0, 0.05) is 24.5 Å². The van der Waals surface area contributed by atoms with Gasteiger partial charge in [-0.1, -0.05) is 44.9 Å². The molecule has 0 radical (unpaired) electrons. The number of carbonyl (C=O) groups is 4. The molecule has 1 aliphatic carbocycles. The lowest BCUT2D eigenvalue weighted by molar-refractivity contribution is -0.138. The Hall–Kier alpha value is -3.58. The predicted octanol–water partition coefficient (Wildman–Crippen LogP) is 6.08. The standard InChI is InChI=1S/C33H38F8N4O5S2/c1-43-19(47)13-44-32(48)17(45-18(46)12-11-16(42)33(49)50)14-51-30-26(38)22(34)20(23(35)27(30)39)21-24(36)28(40)31(29(41)25(21)37)52-15-9-7-5-3-2-4-6-8-10-15/h15-17H,2-14,42H2,1H3,(H,43,47)(H,44,48)(H,45,46)(H,49,50). The number of benzene rings is 2. The molecule has 1 fully saturated rings. The summed E-state index contributed by atoms with van der Waals surface area (Å²) < 4.78 is 123. The van der Waals surface area contributed by atoms with Gasteiger partial charge in [0.15, 0.2) is 46.5 Å². The van der Waals surface area contributed by atoms with Crippen LogP contribution < -0.4 is 21.7 Å². The van der Waals surface area contributed by atoms with Crippen molar-refractivity contribution in [2.75, 3.05) is 19.3 Å². The van der Waals surface area contributed by atoms with Crippen molar-refractivity contribution in [1.29, 1.82) is 0 Å². The van der Waals surface area contributed by atoms with Crippen LogP contribution in [0.2, 0.25) is 0 Å². The van der Waals surface area contributed by atoms with Crippen molar-refractivity contribution < 1.29 is 59.4 Å². The number of amides is 3. The fourth-order valence-corrected chi connectivity index (χ4v) is 7.64. The van der Waals surface area contributed by atoms with E-state index in [2.05, 4.69) is 16.0 Å². The van der Waals surface area contributed by atoms with Crippen LogP contribution in [0.4, 0.5) is 35.1 Å². The summed E-state index contributed by atoms with van der Waals surface area (Å²) in [6, 6.07) is -3.21. The Balaban J connectivity index is 1.93. The number of aliphatic carboxylic acids is 1. The molecule has 1 aliphatic rings. The molecule has 9 nitrogen and oxygen atoms in total. The number of carboxylic acids is 1. The van der Waals surface area contributed by atoms with Gasteiger partial charge in [0.05, 0.1) is 27.5 Å². The summed E-state index contributed by atoms with van der Waals surface area (Å²) in [6.07, 6.45) is 6.17. The number of likely N-dealkylation sites (N-methyl/N-ethyl adjacent to an activating group) is 1. The first-order valence-corrected chi connectivity index (χ1v) is 18.2. The van der Waals surface area contributed by atoms with Gasteiger partial charge in [-0.25, -0.2) is 35.1 Å². The maximum absolute atomic E-state index is 15.4. The van der Waals surface area contributed by atoms with Crippen LogP contribution in [0.3, 0.4) is 0 Å². The van der Waals surface area contributed by atoms with Gasteiger partial charge in [-0.05, 0) is 19.3 Å². The lowest BCUT2D eigenvalue weighted by Gasteiger charge is -2.21. The quantitative estimate of drug-likeness (QED) is 0.0879. The van der Waals surface area contributed by atoms with Crippen molar-refractivity contribution in [2.24, 2.45) is 5.73 Å². The molecule has 0 aromatic heterocycles. The maximum atomic E-state index is 15.4. The Morgan fingerprint density at radius 3 is 1.65 bits per heavy atom. The Bertz CT molecular complexity index is 1590. The second kappa shape index (κ2) is 20.0. The minimum atomic E-state index is -2.40. The van der Waals surface area contributed by atoms with Crippen molar-refractivity contribution in [3.63, 3.8) is 0 Å². The first kappa shape index (κ1) is 42.8. The van der Waals surface area contributed by atoms with Crippen molar-refractivity contribution in [2.45, 2.75) is 97.8 Å². The van der Waals surface area contributed by atoms with Crippen LogP contribution in [0.15, 0.2) is 9.79 Å². The Morgan fingerprint density at radius 1 is 0.731 bits per heavy atom. The number of rotatable bonds is 14. The normalized spacial score (nSPS) is 15.4. The van der Waals surface area contributed by atoms with E-state index in [4.69, 9.17) is 10.8 Å². The second-order valence-electron chi connectivity index (χ2n) is 12.0. The summed E-state index contributed by atoms with van der Waals surface area (Å²) in [5, 5.41) is 14.9. The molecule has 52 heavy (non-hydrogen) atoms. The molecular weight excluding hydrogens is 749 g/mol. The smallest absolute Gasteiger partial charge is 0.320 e. The number of nitrogens with one attached hydrogen (secondary N) is 3. The van der Waals surface area contributed by atoms with Crippen molar-refractivity contribution >= 4 is 47.2 Å². The molecule has 0 aliphatic heterocycles. The van der Waals surface area contributed by atoms with Gasteiger partial charge >= 0.3 is 5.97 Å². The lowest BCUT2D eigenvalue weighted by Crippen LogP contribution is -2.50. The van der Waals surface area contributed by atoms with Gasteiger partial charge in [-0.2, -0.15) is 0 Å². The summed E-state index contributed by atoms with van der Waals surface area (Å²) in [4.78, 5) is 45.1. The molecule has 19 heteroatoms. The summed E-state index contributed by atoms with van der Waals surface area (Å²) in [6.45, 7) is -0.626. The molecule has 6 N–H and O–H groups in total. The van der Waals surface area contributed by atoms with Gasteiger partial charge in [-0.3, -0.25) is 19.2 Å². The van der Waals surface area contributed by atoms with Crippen LogP contribution in [0.5, 0.6) is 0 Å². The number of hydrogen-bond donors (Lipinski definition) is 5.